The van der Waals surface area contributed by atoms with Gasteiger partial charge in [0.25, 0.3) is 0 Å². The second-order valence-corrected chi connectivity index (χ2v) is 4.83. The van der Waals surface area contributed by atoms with Crippen LogP contribution >= 0.6 is 0 Å². The topological polar surface area (TPSA) is 70.0 Å². The van der Waals surface area contributed by atoms with Gasteiger partial charge in [0.2, 0.25) is 0 Å². The number of carbonyl (C=O) groups excluding carboxylic acids is 1. The predicted molar refractivity (Wildman–Crippen MR) is 69.2 cm³/mol. The molecule has 1 saturated heterocycles. The molecular formula is C14H19NO4. The van der Waals surface area contributed by atoms with Gasteiger partial charge in [0.1, 0.15) is 6.04 Å². The molecule has 0 saturated carbocycles. The van der Waals surface area contributed by atoms with Gasteiger partial charge in [0.15, 0.2) is 0 Å². The van der Waals surface area contributed by atoms with Crippen molar-refractivity contribution in [3.63, 3.8) is 0 Å². The molecule has 1 fully saturated rings. The summed E-state index contributed by atoms with van der Waals surface area (Å²) in [6.45, 7) is 1.08. The fourth-order valence-electron chi connectivity index (χ4n) is 2.42. The van der Waals surface area contributed by atoms with Crippen molar-refractivity contribution >= 4 is 5.97 Å². The summed E-state index contributed by atoms with van der Waals surface area (Å²) in [5.74, 6) is -0.302. The third-order valence-electron chi connectivity index (χ3n) is 3.45. The number of methoxy groups -OCH3 is 1. The van der Waals surface area contributed by atoms with Crippen molar-refractivity contribution in [3.8, 4) is 0 Å². The minimum atomic E-state index is -0.485. The number of nitrogens with zero attached hydrogens (tertiary/aromatic N) is 1. The predicted octanol–water partition coefficient (Wildman–Crippen LogP) is 0.287. The molecule has 1 aromatic rings. The molecule has 2 unspecified atom stereocenters. The lowest BCUT2D eigenvalue weighted by Gasteiger charge is -2.22. The molecule has 0 radical (unpaired) electrons. The highest BCUT2D eigenvalue weighted by Gasteiger charge is 2.36. The number of rotatable bonds is 4. The van der Waals surface area contributed by atoms with Crippen LogP contribution in [0.1, 0.15) is 17.5 Å². The summed E-state index contributed by atoms with van der Waals surface area (Å²) in [6, 6.07) is 7.18. The van der Waals surface area contributed by atoms with Gasteiger partial charge in [0, 0.05) is 19.5 Å². The van der Waals surface area contributed by atoms with Gasteiger partial charge in [-0.15, -0.1) is 0 Å². The van der Waals surface area contributed by atoms with Gasteiger partial charge in [-0.05, 0) is 11.1 Å². The zero-order valence-corrected chi connectivity index (χ0v) is 11.0. The van der Waals surface area contributed by atoms with Crippen LogP contribution in [0.2, 0.25) is 0 Å². The second-order valence-electron chi connectivity index (χ2n) is 4.83. The van der Waals surface area contributed by atoms with Gasteiger partial charge in [-0.25, -0.2) is 0 Å². The first kappa shape index (κ1) is 14.0. The highest BCUT2D eigenvalue weighted by atomic mass is 16.5. The molecule has 2 N–H and O–H groups in total. The van der Waals surface area contributed by atoms with E-state index >= 15 is 0 Å². The number of ether oxygens (including phenoxy) is 1. The SMILES string of the molecule is COC(=O)C1CC(O)CN1Cc1ccc(CO)cc1. The Kier molecular flexibility index (Phi) is 4.52. The first-order valence-electron chi connectivity index (χ1n) is 6.32. The van der Waals surface area contributed by atoms with E-state index in [9.17, 15) is 9.90 Å². The molecule has 0 aromatic heterocycles. The Morgan fingerprint density at radius 2 is 2.00 bits per heavy atom. The monoisotopic (exact) mass is 265 g/mol. The number of esters is 1. The van der Waals surface area contributed by atoms with E-state index in [1.807, 2.05) is 29.2 Å². The molecule has 0 spiro atoms. The molecule has 19 heavy (non-hydrogen) atoms. The maximum atomic E-state index is 11.7. The third kappa shape index (κ3) is 3.32. The summed E-state index contributed by atoms with van der Waals surface area (Å²) in [5, 5.41) is 18.7. The summed E-state index contributed by atoms with van der Waals surface area (Å²) in [5.41, 5.74) is 1.90. The van der Waals surface area contributed by atoms with Crippen molar-refractivity contribution in [3.05, 3.63) is 35.4 Å². The van der Waals surface area contributed by atoms with E-state index in [1.165, 1.54) is 7.11 Å². The van der Waals surface area contributed by atoms with Crippen molar-refractivity contribution in [1.29, 1.82) is 0 Å². The minimum absolute atomic E-state index is 0.0213. The van der Waals surface area contributed by atoms with Crippen LogP contribution < -0.4 is 0 Å². The lowest BCUT2D eigenvalue weighted by molar-refractivity contribution is -0.146. The Bertz CT molecular complexity index is 432. The average molecular weight is 265 g/mol. The van der Waals surface area contributed by atoms with Crippen LogP contribution in [0.25, 0.3) is 0 Å². The van der Waals surface area contributed by atoms with Gasteiger partial charge in [0.05, 0.1) is 19.8 Å². The normalized spacial score (nSPS) is 23.5. The molecule has 1 aliphatic heterocycles. The van der Waals surface area contributed by atoms with Crippen LogP contribution in [-0.2, 0) is 22.7 Å². The molecule has 0 amide bonds. The number of carbonyl (C=O) groups is 1. The zero-order chi connectivity index (χ0) is 13.8. The number of aliphatic hydroxyl groups is 2. The zero-order valence-electron chi connectivity index (χ0n) is 11.0. The average Bonchev–Trinajstić information content (AvgIpc) is 2.79. The highest BCUT2D eigenvalue weighted by molar-refractivity contribution is 5.76. The molecule has 104 valence electrons. The molecule has 1 aliphatic rings. The lowest BCUT2D eigenvalue weighted by Crippen LogP contribution is -2.36. The lowest BCUT2D eigenvalue weighted by atomic mass is 10.1. The summed E-state index contributed by atoms with van der Waals surface area (Å²) >= 11 is 0. The molecule has 2 atom stereocenters. The minimum Gasteiger partial charge on any atom is -0.468 e. The van der Waals surface area contributed by atoms with E-state index in [1.54, 1.807) is 0 Å². The van der Waals surface area contributed by atoms with Crippen LogP contribution in [0, 0.1) is 0 Å². The van der Waals surface area contributed by atoms with Gasteiger partial charge in [-0.1, -0.05) is 24.3 Å². The maximum Gasteiger partial charge on any atom is 0.323 e. The molecule has 1 aromatic carbocycles. The summed E-state index contributed by atoms with van der Waals surface area (Å²) in [4.78, 5) is 13.6. The Morgan fingerprint density at radius 3 is 2.58 bits per heavy atom. The number of aliphatic hydroxyl groups excluding tert-OH is 2. The number of hydrogen-bond acceptors (Lipinski definition) is 5. The van der Waals surface area contributed by atoms with Crippen LogP contribution in [-0.4, -0.2) is 46.9 Å². The third-order valence-corrected chi connectivity index (χ3v) is 3.45. The van der Waals surface area contributed by atoms with E-state index in [0.717, 1.165) is 11.1 Å². The van der Waals surface area contributed by atoms with Crippen molar-refractivity contribution in [2.75, 3.05) is 13.7 Å². The largest absolute Gasteiger partial charge is 0.468 e. The molecule has 5 nitrogen and oxygen atoms in total. The Labute approximate surface area is 112 Å². The van der Waals surface area contributed by atoms with Crippen molar-refractivity contribution in [2.24, 2.45) is 0 Å². The standard InChI is InChI=1S/C14H19NO4/c1-19-14(18)13-6-12(17)8-15(13)7-10-2-4-11(9-16)5-3-10/h2-5,12-13,16-17H,6-9H2,1H3. The number of likely N-dealkylation sites (tertiary alicyclic amines) is 1. The molecule has 1 heterocycles. The van der Waals surface area contributed by atoms with E-state index in [4.69, 9.17) is 9.84 Å². The number of hydrogen-bond donors (Lipinski definition) is 2. The van der Waals surface area contributed by atoms with Crippen molar-refractivity contribution in [2.45, 2.75) is 31.7 Å². The smallest absolute Gasteiger partial charge is 0.323 e. The molecule has 0 aliphatic carbocycles. The van der Waals surface area contributed by atoms with E-state index in [-0.39, 0.29) is 18.6 Å². The van der Waals surface area contributed by atoms with Crippen molar-refractivity contribution in [1.82, 2.24) is 4.90 Å². The number of β-amino-alcohol motifs (C(OH)–C–C–N with tert-alkyl or cyclic N) is 1. The first-order valence-corrected chi connectivity index (χ1v) is 6.32. The van der Waals surface area contributed by atoms with E-state index in [2.05, 4.69) is 0 Å². The van der Waals surface area contributed by atoms with Crippen LogP contribution in [0.15, 0.2) is 24.3 Å². The summed E-state index contributed by atoms with van der Waals surface area (Å²) in [7, 11) is 1.36. The van der Waals surface area contributed by atoms with Gasteiger partial charge >= 0.3 is 5.97 Å². The van der Waals surface area contributed by atoms with Crippen LogP contribution in [0.5, 0.6) is 0 Å². The summed E-state index contributed by atoms with van der Waals surface area (Å²) in [6.07, 6.45) is -0.0673. The quantitative estimate of drug-likeness (QED) is 0.766. The van der Waals surface area contributed by atoms with Gasteiger partial charge in [-0.3, -0.25) is 9.69 Å². The molecular weight excluding hydrogens is 246 g/mol. The molecule has 2 rings (SSSR count). The fraction of sp³-hybridized carbons (Fsp3) is 0.500. The van der Waals surface area contributed by atoms with Gasteiger partial charge in [-0.2, -0.15) is 0 Å². The fourth-order valence-corrected chi connectivity index (χ4v) is 2.42. The maximum absolute atomic E-state index is 11.7. The first-order chi connectivity index (χ1) is 9.13. The Balaban J connectivity index is 2.05. The van der Waals surface area contributed by atoms with Gasteiger partial charge < -0.3 is 14.9 Å². The van der Waals surface area contributed by atoms with E-state index < -0.39 is 6.10 Å². The molecule has 0 bridgehead atoms. The van der Waals surface area contributed by atoms with Crippen molar-refractivity contribution < 1.29 is 19.7 Å². The summed E-state index contributed by atoms with van der Waals surface area (Å²) < 4.78 is 4.76. The molecule has 5 heteroatoms. The highest BCUT2D eigenvalue weighted by Crippen LogP contribution is 2.21. The van der Waals surface area contributed by atoms with E-state index in [0.29, 0.717) is 19.5 Å². The van der Waals surface area contributed by atoms with Crippen LogP contribution in [0.3, 0.4) is 0 Å². The Hall–Kier alpha value is -1.43. The second kappa shape index (κ2) is 6.14. The Morgan fingerprint density at radius 1 is 1.37 bits per heavy atom. The number of benzene rings is 1. The van der Waals surface area contributed by atoms with Crippen LogP contribution in [0.4, 0.5) is 0 Å².